The highest BCUT2D eigenvalue weighted by atomic mass is 32.2. The molecule has 1 aromatic carbocycles. The maximum atomic E-state index is 11.9. The van der Waals surface area contributed by atoms with Crippen LogP contribution in [0.5, 0.6) is 0 Å². The van der Waals surface area contributed by atoms with Gasteiger partial charge in [0.15, 0.2) is 12.4 Å². The van der Waals surface area contributed by atoms with Crippen LogP contribution >= 0.6 is 11.8 Å². The summed E-state index contributed by atoms with van der Waals surface area (Å²) in [7, 11) is 0. The SMILES string of the molecule is CSc1ccc(NC(=O)c2cc[n+]([O-])cc2)cc1. The van der Waals surface area contributed by atoms with Gasteiger partial charge in [0, 0.05) is 22.7 Å². The molecule has 0 aliphatic heterocycles. The number of nitrogens with zero attached hydrogens (tertiary/aromatic N) is 1. The minimum Gasteiger partial charge on any atom is -0.619 e. The predicted octanol–water partition coefficient (Wildman–Crippen LogP) is 2.29. The summed E-state index contributed by atoms with van der Waals surface area (Å²) in [5.74, 6) is -0.229. The lowest BCUT2D eigenvalue weighted by molar-refractivity contribution is -0.605. The van der Waals surface area contributed by atoms with Gasteiger partial charge in [-0.25, -0.2) is 0 Å². The van der Waals surface area contributed by atoms with Crippen molar-refractivity contribution in [1.29, 1.82) is 0 Å². The van der Waals surface area contributed by atoms with Gasteiger partial charge in [-0.05, 0) is 30.5 Å². The summed E-state index contributed by atoms with van der Waals surface area (Å²) < 4.78 is 0.643. The fourth-order valence-electron chi connectivity index (χ4n) is 1.44. The number of anilines is 1. The molecule has 0 atom stereocenters. The first kappa shape index (κ1) is 12.4. The molecule has 1 aromatic heterocycles. The van der Waals surface area contributed by atoms with E-state index in [0.29, 0.717) is 10.3 Å². The lowest BCUT2D eigenvalue weighted by Crippen LogP contribution is -2.25. The Bertz CT molecular complexity index is 538. The first-order valence-electron chi connectivity index (χ1n) is 5.33. The quantitative estimate of drug-likeness (QED) is 0.523. The lowest BCUT2D eigenvalue weighted by Gasteiger charge is -2.05. The molecule has 92 valence electrons. The zero-order valence-corrected chi connectivity index (χ0v) is 10.6. The van der Waals surface area contributed by atoms with E-state index in [-0.39, 0.29) is 5.91 Å². The molecule has 0 aliphatic carbocycles. The molecule has 2 aromatic rings. The Morgan fingerprint density at radius 3 is 2.33 bits per heavy atom. The molecule has 0 aliphatic rings. The molecule has 0 unspecified atom stereocenters. The second-order valence-corrected chi connectivity index (χ2v) is 4.51. The van der Waals surface area contributed by atoms with Gasteiger partial charge in [0.1, 0.15) is 0 Å². The number of benzene rings is 1. The van der Waals surface area contributed by atoms with E-state index in [1.54, 1.807) is 11.8 Å². The number of carbonyl (C=O) groups is 1. The number of rotatable bonds is 3. The third kappa shape index (κ3) is 3.01. The van der Waals surface area contributed by atoms with E-state index in [4.69, 9.17) is 0 Å². The van der Waals surface area contributed by atoms with Gasteiger partial charge < -0.3 is 10.5 Å². The van der Waals surface area contributed by atoms with E-state index in [1.165, 1.54) is 24.5 Å². The van der Waals surface area contributed by atoms with Crippen LogP contribution in [0.1, 0.15) is 10.4 Å². The summed E-state index contributed by atoms with van der Waals surface area (Å²) in [5, 5.41) is 13.6. The smallest absolute Gasteiger partial charge is 0.256 e. The van der Waals surface area contributed by atoms with Crippen LogP contribution in [0.4, 0.5) is 5.69 Å². The Morgan fingerprint density at radius 2 is 1.78 bits per heavy atom. The van der Waals surface area contributed by atoms with Crippen LogP contribution < -0.4 is 10.0 Å². The normalized spacial score (nSPS) is 10.1. The number of hydrogen-bond acceptors (Lipinski definition) is 3. The van der Waals surface area contributed by atoms with Crippen LogP contribution in [-0.4, -0.2) is 12.2 Å². The van der Waals surface area contributed by atoms with Crippen molar-refractivity contribution in [3.8, 4) is 0 Å². The molecule has 1 N–H and O–H groups in total. The molecule has 1 amide bonds. The zero-order valence-electron chi connectivity index (χ0n) is 9.79. The number of hydrogen-bond donors (Lipinski definition) is 1. The highest BCUT2D eigenvalue weighted by Crippen LogP contribution is 2.17. The van der Waals surface area contributed by atoms with E-state index < -0.39 is 0 Å². The maximum absolute atomic E-state index is 11.9. The Kier molecular flexibility index (Phi) is 3.84. The van der Waals surface area contributed by atoms with E-state index in [0.717, 1.165) is 10.6 Å². The fraction of sp³-hybridized carbons (Fsp3) is 0.0769. The van der Waals surface area contributed by atoms with Crippen molar-refractivity contribution in [2.45, 2.75) is 4.90 Å². The Hall–Kier alpha value is -2.01. The molecule has 18 heavy (non-hydrogen) atoms. The maximum Gasteiger partial charge on any atom is 0.256 e. The zero-order chi connectivity index (χ0) is 13.0. The summed E-state index contributed by atoms with van der Waals surface area (Å²) in [6, 6.07) is 10.5. The van der Waals surface area contributed by atoms with E-state index >= 15 is 0 Å². The van der Waals surface area contributed by atoms with Gasteiger partial charge in [-0.15, -0.1) is 11.8 Å². The average Bonchev–Trinajstić information content (AvgIpc) is 2.40. The molecule has 0 spiro atoms. The number of pyridine rings is 1. The Morgan fingerprint density at radius 1 is 1.17 bits per heavy atom. The van der Waals surface area contributed by atoms with Crippen LogP contribution in [-0.2, 0) is 0 Å². The number of nitrogens with one attached hydrogen (secondary N) is 1. The number of amides is 1. The standard InChI is InChI=1S/C13H12N2O2S/c1-18-12-4-2-11(3-5-12)14-13(16)10-6-8-15(17)9-7-10/h2-9H,1H3,(H,14,16). The van der Waals surface area contributed by atoms with Gasteiger partial charge in [-0.1, -0.05) is 0 Å². The third-order valence-corrected chi connectivity index (χ3v) is 3.16. The molecular formula is C13H12N2O2S. The molecule has 1 heterocycles. The van der Waals surface area contributed by atoms with Crippen LogP contribution in [0.3, 0.4) is 0 Å². The highest BCUT2D eigenvalue weighted by Gasteiger charge is 2.06. The summed E-state index contributed by atoms with van der Waals surface area (Å²) in [6.07, 6.45) is 4.59. The lowest BCUT2D eigenvalue weighted by atomic mass is 10.2. The van der Waals surface area contributed by atoms with Crippen LogP contribution in [0.25, 0.3) is 0 Å². The molecule has 0 saturated heterocycles. The summed E-state index contributed by atoms with van der Waals surface area (Å²) in [4.78, 5) is 13.0. The molecule has 2 rings (SSSR count). The predicted molar refractivity (Wildman–Crippen MR) is 71.6 cm³/mol. The number of thioether (sulfide) groups is 1. The van der Waals surface area contributed by atoms with Crippen molar-refractivity contribution < 1.29 is 9.52 Å². The van der Waals surface area contributed by atoms with Gasteiger partial charge in [0.2, 0.25) is 0 Å². The topological polar surface area (TPSA) is 56.0 Å². The Balaban J connectivity index is 2.08. The number of carbonyl (C=O) groups excluding carboxylic acids is 1. The summed E-state index contributed by atoms with van der Waals surface area (Å²) >= 11 is 1.64. The van der Waals surface area contributed by atoms with Gasteiger partial charge in [-0.3, -0.25) is 4.79 Å². The van der Waals surface area contributed by atoms with Crippen molar-refractivity contribution in [1.82, 2.24) is 0 Å². The van der Waals surface area contributed by atoms with Crippen molar-refractivity contribution in [3.05, 3.63) is 59.6 Å². The monoisotopic (exact) mass is 260 g/mol. The van der Waals surface area contributed by atoms with Crippen molar-refractivity contribution in [2.24, 2.45) is 0 Å². The minimum absolute atomic E-state index is 0.229. The molecule has 0 radical (unpaired) electrons. The van der Waals surface area contributed by atoms with Crippen LogP contribution in [0, 0.1) is 5.21 Å². The Labute approximate surface area is 109 Å². The summed E-state index contributed by atoms with van der Waals surface area (Å²) in [5.41, 5.74) is 1.19. The second kappa shape index (κ2) is 5.55. The number of aromatic nitrogens is 1. The molecular weight excluding hydrogens is 248 g/mol. The summed E-state index contributed by atoms with van der Waals surface area (Å²) in [6.45, 7) is 0. The molecule has 0 fully saturated rings. The van der Waals surface area contributed by atoms with Crippen molar-refractivity contribution in [2.75, 3.05) is 11.6 Å². The molecule has 5 heteroatoms. The van der Waals surface area contributed by atoms with E-state index in [9.17, 15) is 10.0 Å². The van der Waals surface area contributed by atoms with Gasteiger partial charge in [0.05, 0.1) is 5.56 Å². The van der Waals surface area contributed by atoms with Gasteiger partial charge >= 0.3 is 0 Å². The second-order valence-electron chi connectivity index (χ2n) is 3.63. The van der Waals surface area contributed by atoms with Crippen LogP contribution in [0.15, 0.2) is 53.7 Å². The van der Waals surface area contributed by atoms with E-state index in [2.05, 4.69) is 5.32 Å². The van der Waals surface area contributed by atoms with E-state index in [1.807, 2.05) is 30.5 Å². The van der Waals surface area contributed by atoms with Crippen LogP contribution in [0.2, 0.25) is 0 Å². The minimum atomic E-state index is -0.229. The third-order valence-electron chi connectivity index (χ3n) is 2.41. The molecule has 0 saturated carbocycles. The van der Waals surface area contributed by atoms with Gasteiger partial charge in [-0.2, -0.15) is 4.73 Å². The van der Waals surface area contributed by atoms with Crippen molar-refractivity contribution >= 4 is 23.4 Å². The first-order chi connectivity index (χ1) is 8.69. The first-order valence-corrected chi connectivity index (χ1v) is 6.56. The van der Waals surface area contributed by atoms with Crippen molar-refractivity contribution in [3.63, 3.8) is 0 Å². The largest absolute Gasteiger partial charge is 0.619 e. The van der Waals surface area contributed by atoms with Gasteiger partial charge in [0.25, 0.3) is 5.91 Å². The average molecular weight is 260 g/mol. The molecule has 4 nitrogen and oxygen atoms in total. The fourth-order valence-corrected chi connectivity index (χ4v) is 1.85. The highest BCUT2D eigenvalue weighted by molar-refractivity contribution is 7.98. The molecule has 0 bridgehead atoms.